The number of carbonyl (C=O) groups excluding carboxylic acids is 1. The van der Waals surface area contributed by atoms with Crippen LogP contribution in [0.25, 0.3) is 0 Å². The van der Waals surface area contributed by atoms with Gasteiger partial charge in [0, 0.05) is 18.5 Å². The number of ether oxygens (including phenoxy) is 1. The van der Waals surface area contributed by atoms with Crippen molar-refractivity contribution in [3.63, 3.8) is 0 Å². The quantitative estimate of drug-likeness (QED) is 0.747. The number of β-amino-alcohol motifs (C(OH)–C–C–N with tert-alkyl or cyclic N) is 1. The van der Waals surface area contributed by atoms with E-state index >= 15 is 0 Å². The van der Waals surface area contributed by atoms with E-state index in [0.717, 1.165) is 32.4 Å². The molecule has 5 heteroatoms. The standard InChI is InChI=1S/C14H24N2O3/c17-12-9-19-8-7-16(12)11-14(18)5-6-15-10-13(14)3-1-2-4-13/h15,18H,1-11H2. The fraction of sp³-hybridized carbons (Fsp3) is 0.929. The van der Waals surface area contributed by atoms with Crippen molar-refractivity contribution in [3.8, 4) is 0 Å². The van der Waals surface area contributed by atoms with Crippen molar-refractivity contribution in [2.24, 2.45) is 5.41 Å². The van der Waals surface area contributed by atoms with Crippen LogP contribution >= 0.6 is 0 Å². The van der Waals surface area contributed by atoms with Gasteiger partial charge in [-0.15, -0.1) is 0 Å². The molecular formula is C14H24N2O3. The molecule has 19 heavy (non-hydrogen) atoms. The number of hydrogen-bond acceptors (Lipinski definition) is 4. The van der Waals surface area contributed by atoms with E-state index in [1.165, 1.54) is 12.8 Å². The van der Waals surface area contributed by atoms with Crippen LogP contribution < -0.4 is 5.32 Å². The Bertz CT molecular complexity index is 355. The Morgan fingerprint density at radius 2 is 2.11 bits per heavy atom. The van der Waals surface area contributed by atoms with Gasteiger partial charge in [-0.2, -0.15) is 0 Å². The molecule has 3 fully saturated rings. The van der Waals surface area contributed by atoms with Crippen molar-refractivity contribution in [1.82, 2.24) is 10.2 Å². The molecule has 0 bridgehead atoms. The lowest BCUT2D eigenvalue weighted by atomic mass is 9.66. The minimum Gasteiger partial charge on any atom is -0.387 e. The lowest BCUT2D eigenvalue weighted by Crippen LogP contribution is -2.63. The molecule has 0 aromatic heterocycles. The Kier molecular flexibility index (Phi) is 3.53. The smallest absolute Gasteiger partial charge is 0.248 e. The number of nitrogens with one attached hydrogen (secondary N) is 1. The van der Waals surface area contributed by atoms with E-state index in [4.69, 9.17) is 4.74 Å². The van der Waals surface area contributed by atoms with Gasteiger partial charge < -0.3 is 20.1 Å². The molecule has 1 spiro atoms. The molecule has 2 saturated heterocycles. The molecule has 0 aromatic carbocycles. The van der Waals surface area contributed by atoms with Gasteiger partial charge in [-0.1, -0.05) is 12.8 Å². The zero-order valence-electron chi connectivity index (χ0n) is 11.5. The largest absolute Gasteiger partial charge is 0.387 e. The summed E-state index contributed by atoms with van der Waals surface area (Å²) in [4.78, 5) is 13.7. The fourth-order valence-corrected chi connectivity index (χ4v) is 4.03. The Morgan fingerprint density at radius 3 is 2.84 bits per heavy atom. The number of rotatable bonds is 2. The number of piperidine rings is 1. The third-order valence-corrected chi connectivity index (χ3v) is 5.26. The summed E-state index contributed by atoms with van der Waals surface area (Å²) >= 11 is 0. The van der Waals surface area contributed by atoms with Crippen molar-refractivity contribution in [2.45, 2.75) is 37.7 Å². The number of hydrogen-bond donors (Lipinski definition) is 2. The third-order valence-electron chi connectivity index (χ3n) is 5.26. The lowest BCUT2D eigenvalue weighted by molar-refractivity contribution is -0.159. The van der Waals surface area contributed by atoms with Crippen molar-refractivity contribution in [1.29, 1.82) is 0 Å². The maximum Gasteiger partial charge on any atom is 0.248 e. The summed E-state index contributed by atoms with van der Waals surface area (Å²) in [5, 5.41) is 14.6. The minimum absolute atomic E-state index is 0.0198. The average molecular weight is 268 g/mol. The van der Waals surface area contributed by atoms with E-state index in [0.29, 0.717) is 19.7 Å². The van der Waals surface area contributed by atoms with E-state index in [-0.39, 0.29) is 17.9 Å². The summed E-state index contributed by atoms with van der Waals surface area (Å²) in [6.45, 7) is 3.59. The summed E-state index contributed by atoms with van der Waals surface area (Å²) in [6.07, 6.45) is 5.30. The van der Waals surface area contributed by atoms with Gasteiger partial charge in [-0.25, -0.2) is 0 Å². The topological polar surface area (TPSA) is 61.8 Å². The summed E-state index contributed by atoms with van der Waals surface area (Å²) in [5.41, 5.74) is -0.744. The Balaban J connectivity index is 1.77. The number of carbonyl (C=O) groups is 1. The zero-order valence-corrected chi connectivity index (χ0v) is 11.5. The molecule has 1 aliphatic carbocycles. The molecule has 5 nitrogen and oxygen atoms in total. The van der Waals surface area contributed by atoms with Crippen molar-refractivity contribution in [2.75, 3.05) is 39.4 Å². The summed E-state index contributed by atoms with van der Waals surface area (Å²) in [7, 11) is 0. The van der Waals surface area contributed by atoms with Gasteiger partial charge in [0.15, 0.2) is 0 Å². The first-order valence-corrected chi connectivity index (χ1v) is 7.44. The molecule has 0 aromatic rings. The lowest BCUT2D eigenvalue weighted by Gasteiger charge is -2.51. The Labute approximate surface area is 114 Å². The van der Waals surface area contributed by atoms with Crippen LogP contribution in [0.15, 0.2) is 0 Å². The Hall–Kier alpha value is -0.650. The van der Waals surface area contributed by atoms with Crippen molar-refractivity contribution < 1.29 is 14.6 Å². The second-order valence-electron chi connectivity index (χ2n) is 6.31. The maximum atomic E-state index is 11.9. The van der Waals surface area contributed by atoms with Gasteiger partial charge in [0.05, 0.1) is 18.8 Å². The fourth-order valence-electron chi connectivity index (χ4n) is 4.03. The Morgan fingerprint density at radius 1 is 1.32 bits per heavy atom. The first kappa shape index (κ1) is 13.3. The van der Waals surface area contributed by atoms with Gasteiger partial charge in [-0.05, 0) is 25.8 Å². The van der Waals surface area contributed by atoms with E-state index in [9.17, 15) is 9.90 Å². The maximum absolute atomic E-state index is 11.9. The first-order chi connectivity index (χ1) is 9.15. The molecule has 108 valence electrons. The van der Waals surface area contributed by atoms with Crippen LogP contribution in [-0.4, -0.2) is 60.9 Å². The third kappa shape index (κ3) is 2.28. The SMILES string of the molecule is O=C1COCCN1CC1(O)CCNCC12CCCC2. The molecule has 2 N–H and O–H groups in total. The molecule has 1 unspecified atom stereocenters. The number of aliphatic hydroxyl groups is 1. The van der Waals surface area contributed by atoms with Crippen LogP contribution in [0.3, 0.4) is 0 Å². The van der Waals surface area contributed by atoms with Crippen LogP contribution in [0.5, 0.6) is 0 Å². The first-order valence-electron chi connectivity index (χ1n) is 7.44. The highest BCUT2D eigenvalue weighted by molar-refractivity contribution is 5.78. The van der Waals surface area contributed by atoms with Crippen LogP contribution in [0.1, 0.15) is 32.1 Å². The van der Waals surface area contributed by atoms with Gasteiger partial charge in [0.25, 0.3) is 0 Å². The molecule has 0 radical (unpaired) electrons. The number of nitrogens with zero attached hydrogens (tertiary/aromatic N) is 1. The molecular weight excluding hydrogens is 244 g/mol. The van der Waals surface area contributed by atoms with Crippen LogP contribution in [0.2, 0.25) is 0 Å². The van der Waals surface area contributed by atoms with Crippen molar-refractivity contribution >= 4 is 5.91 Å². The molecule has 2 aliphatic heterocycles. The highest BCUT2D eigenvalue weighted by atomic mass is 16.5. The second kappa shape index (κ2) is 5.04. The summed E-state index contributed by atoms with van der Waals surface area (Å²) in [6, 6.07) is 0. The molecule has 1 amide bonds. The average Bonchev–Trinajstić information content (AvgIpc) is 2.87. The van der Waals surface area contributed by atoms with Crippen LogP contribution in [0, 0.1) is 5.41 Å². The van der Waals surface area contributed by atoms with Crippen LogP contribution in [-0.2, 0) is 9.53 Å². The summed E-state index contributed by atoms with van der Waals surface area (Å²) in [5.74, 6) is 0.0198. The highest BCUT2D eigenvalue weighted by Crippen LogP contribution is 2.49. The molecule has 1 saturated carbocycles. The summed E-state index contributed by atoms with van der Waals surface area (Å²) < 4.78 is 5.17. The monoisotopic (exact) mass is 268 g/mol. The van der Waals surface area contributed by atoms with E-state index < -0.39 is 5.60 Å². The van der Waals surface area contributed by atoms with E-state index in [2.05, 4.69) is 5.32 Å². The van der Waals surface area contributed by atoms with E-state index in [1.807, 2.05) is 0 Å². The van der Waals surface area contributed by atoms with Gasteiger partial charge in [0.1, 0.15) is 6.61 Å². The van der Waals surface area contributed by atoms with Gasteiger partial charge in [-0.3, -0.25) is 4.79 Å². The normalized spacial score (nSPS) is 35.0. The molecule has 1 atom stereocenters. The predicted octanol–water partition coefficient (Wildman–Crippen LogP) is 0.130. The molecule has 2 heterocycles. The predicted molar refractivity (Wildman–Crippen MR) is 70.7 cm³/mol. The zero-order chi connectivity index (χ0) is 13.3. The highest BCUT2D eigenvalue weighted by Gasteiger charge is 2.53. The number of amides is 1. The second-order valence-corrected chi connectivity index (χ2v) is 6.31. The molecule has 3 rings (SSSR count). The van der Waals surface area contributed by atoms with E-state index in [1.54, 1.807) is 4.90 Å². The minimum atomic E-state index is -0.720. The van der Waals surface area contributed by atoms with Gasteiger partial charge in [0.2, 0.25) is 5.91 Å². The molecule has 3 aliphatic rings. The number of morpholine rings is 1. The van der Waals surface area contributed by atoms with Gasteiger partial charge >= 0.3 is 0 Å². The van der Waals surface area contributed by atoms with Crippen LogP contribution in [0.4, 0.5) is 0 Å². The van der Waals surface area contributed by atoms with Crippen molar-refractivity contribution in [3.05, 3.63) is 0 Å².